The molecular weight excluding hydrogens is 192 g/mol. The minimum atomic E-state index is -0.356. The quantitative estimate of drug-likeness (QED) is 0.639. The van der Waals surface area contributed by atoms with Gasteiger partial charge in [0.05, 0.1) is 4.87 Å². The summed E-state index contributed by atoms with van der Waals surface area (Å²) in [6.45, 7) is 2.06. The molecular formula is C13H13Cl. The van der Waals surface area contributed by atoms with Crippen LogP contribution in [0, 0.1) is 0 Å². The van der Waals surface area contributed by atoms with Crippen molar-refractivity contribution in [3.05, 3.63) is 59.7 Å². The molecule has 0 fully saturated rings. The highest BCUT2D eigenvalue weighted by Gasteiger charge is 2.27. The van der Waals surface area contributed by atoms with Gasteiger partial charge in [0, 0.05) is 0 Å². The molecule has 72 valence electrons. The Labute approximate surface area is 89.9 Å². The first-order valence-corrected chi connectivity index (χ1v) is 5.19. The molecule has 0 saturated carbocycles. The molecule has 1 aromatic carbocycles. The van der Waals surface area contributed by atoms with E-state index in [1.54, 1.807) is 0 Å². The van der Waals surface area contributed by atoms with Crippen LogP contribution in [0.2, 0.25) is 0 Å². The molecule has 1 atom stereocenters. The maximum Gasteiger partial charge on any atom is 0.0882 e. The molecule has 0 aliphatic heterocycles. The van der Waals surface area contributed by atoms with E-state index in [2.05, 4.69) is 37.3 Å². The van der Waals surface area contributed by atoms with E-state index >= 15 is 0 Å². The normalized spacial score (nSPS) is 19.1. The van der Waals surface area contributed by atoms with Gasteiger partial charge in [0.1, 0.15) is 0 Å². The average molecular weight is 205 g/mol. The predicted octanol–water partition coefficient (Wildman–Crippen LogP) is 4.03. The van der Waals surface area contributed by atoms with Gasteiger partial charge in [-0.2, -0.15) is 0 Å². The first kappa shape index (κ1) is 9.54. The van der Waals surface area contributed by atoms with Crippen LogP contribution in [0.15, 0.2) is 54.1 Å². The Hall–Kier alpha value is -1.01. The lowest BCUT2D eigenvalue weighted by Crippen LogP contribution is -2.15. The van der Waals surface area contributed by atoms with Crippen molar-refractivity contribution in [1.29, 1.82) is 0 Å². The number of hydrogen-bond donors (Lipinski definition) is 0. The predicted molar refractivity (Wildman–Crippen MR) is 61.5 cm³/mol. The zero-order valence-corrected chi connectivity index (χ0v) is 8.96. The van der Waals surface area contributed by atoms with Crippen LogP contribution in [0.4, 0.5) is 0 Å². The first-order chi connectivity index (χ1) is 6.71. The molecule has 2 rings (SSSR count). The smallest absolute Gasteiger partial charge is 0.0882 e. The average Bonchev–Trinajstić information content (AvgIpc) is 2.72. The van der Waals surface area contributed by atoms with Gasteiger partial charge in [0.2, 0.25) is 0 Å². The SMILES string of the molecule is CC(Cl)(C1=CC=CC1)c1ccccc1. The van der Waals surface area contributed by atoms with E-state index in [0.717, 1.165) is 12.0 Å². The van der Waals surface area contributed by atoms with E-state index < -0.39 is 0 Å². The summed E-state index contributed by atoms with van der Waals surface area (Å²) in [6.07, 6.45) is 7.28. The van der Waals surface area contributed by atoms with E-state index in [-0.39, 0.29) is 4.87 Å². The molecule has 0 aromatic heterocycles. The van der Waals surface area contributed by atoms with Crippen LogP contribution in [0.3, 0.4) is 0 Å². The van der Waals surface area contributed by atoms with Gasteiger partial charge in [-0.05, 0) is 24.5 Å². The van der Waals surface area contributed by atoms with Crippen LogP contribution in [0.25, 0.3) is 0 Å². The number of allylic oxidation sites excluding steroid dienone is 4. The van der Waals surface area contributed by atoms with Gasteiger partial charge < -0.3 is 0 Å². The van der Waals surface area contributed by atoms with Crippen molar-refractivity contribution in [1.82, 2.24) is 0 Å². The maximum atomic E-state index is 6.56. The molecule has 0 amide bonds. The van der Waals surface area contributed by atoms with Gasteiger partial charge in [0.25, 0.3) is 0 Å². The molecule has 1 aliphatic rings. The number of hydrogen-bond acceptors (Lipinski definition) is 0. The minimum Gasteiger partial charge on any atom is -0.110 e. The van der Waals surface area contributed by atoms with Gasteiger partial charge in [-0.15, -0.1) is 11.6 Å². The molecule has 0 nitrogen and oxygen atoms in total. The summed E-state index contributed by atoms with van der Waals surface area (Å²) in [6, 6.07) is 10.2. The lowest BCUT2D eigenvalue weighted by molar-refractivity contribution is 0.780. The highest BCUT2D eigenvalue weighted by molar-refractivity contribution is 6.25. The van der Waals surface area contributed by atoms with Gasteiger partial charge in [-0.3, -0.25) is 0 Å². The summed E-state index contributed by atoms with van der Waals surface area (Å²) < 4.78 is 0. The van der Waals surface area contributed by atoms with Gasteiger partial charge in [0.15, 0.2) is 0 Å². The Morgan fingerprint density at radius 2 is 1.93 bits per heavy atom. The summed E-state index contributed by atoms with van der Waals surface area (Å²) in [5.74, 6) is 0. The summed E-state index contributed by atoms with van der Waals surface area (Å²) in [7, 11) is 0. The first-order valence-electron chi connectivity index (χ1n) is 4.82. The molecule has 0 radical (unpaired) electrons. The van der Waals surface area contributed by atoms with Gasteiger partial charge in [-0.1, -0.05) is 48.6 Å². The summed E-state index contributed by atoms with van der Waals surface area (Å²) >= 11 is 6.56. The topological polar surface area (TPSA) is 0 Å². The Balaban J connectivity index is 2.33. The van der Waals surface area contributed by atoms with Crippen molar-refractivity contribution in [2.45, 2.75) is 18.2 Å². The molecule has 1 heteroatoms. The van der Waals surface area contributed by atoms with Gasteiger partial charge in [-0.25, -0.2) is 0 Å². The van der Waals surface area contributed by atoms with Crippen LogP contribution in [0.1, 0.15) is 18.9 Å². The third-order valence-corrected chi connectivity index (χ3v) is 3.15. The fraction of sp³-hybridized carbons (Fsp3) is 0.231. The Bertz CT molecular complexity index is 371. The Morgan fingerprint density at radius 1 is 1.21 bits per heavy atom. The molecule has 0 bridgehead atoms. The van der Waals surface area contributed by atoms with E-state index in [0.29, 0.717) is 0 Å². The highest BCUT2D eigenvalue weighted by atomic mass is 35.5. The molecule has 14 heavy (non-hydrogen) atoms. The monoisotopic (exact) mass is 204 g/mol. The molecule has 1 aromatic rings. The number of alkyl halides is 1. The summed E-state index contributed by atoms with van der Waals surface area (Å²) in [5.41, 5.74) is 2.43. The van der Waals surface area contributed by atoms with Crippen LogP contribution in [-0.4, -0.2) is 0 Å². The van der Waals surface area contributed by atoms with Gasteiger partial charge >= 0.3 is 0 Å². The van der Waals surface area contributed by atoms with Crippen LogP contribution in [-0.2, 0) is 4.87 Å². The number of rotatable bonds is 2. The van der Waals surface area contributed by atoms with Crippen LogP contribution < -0.4 is 0 Å². The number of halogens is 1. The maximum absolute atomic E-state index is 6.56. The van der Waals surface area contributed by atoms with E-state index in [9.17, 15) is 0 Å². The standard InChI is InChI=1S/C13H13Cl/c1-13(14,12-9-5-6-10-12)11-7-3-2-4-8-11/h2-9H,10H2,1H3. The number of benzene rings is 1. The van der Waals surface area contributed by atoms with Crippen molar-refractivity contribution < 1.29 is 0 Å². The lowest BCUT2D eigenvalue weighted by atomic mass is 9.91. The minimum absolute atomic E-state index is 0.356. The highest BCUT2D eigenvalue weighted by Crippen LogP contribution is 2.39. The largest absolute Gasteiger partial charge is 0.110 e. The summed E-state index contributed by atoms with van der Waals surface area (Å²) in [4.78, 5) is -0.356. The molecule has 1 unspecified atom stereocenters. The molecule has 0 spiro atoms. The van der Waals surface area contributed by atoms with E-state index in [4.69, 9.17) is 11.6 Å². The molecule has 0 saturated heterocycles. The molecule has 0 heterocycles. The van der Waals surface area contributed by atoms with Crippen LogP contribution >= 0.6 is 11.6 Å². The zero-order chi connectivity index (χ0) is 10.0. The second-order valence-electron chi connectivity index (χ2n) is 3.69. The fourth-order valence-electron chi connectivity index (χ4n) is 1.73. The van der Waals surface area contributed by atoms with Crippen LogP contribution in [0.5, 0.6) is 0 Å². The second kappa shape index (κ2) is 3.62. The van der Waals surface area contributed by atoms with Crippen molar-refractivity contribution in [3.8, 4) is 0 Å². The second-order valence-corrected chi connectivity index (χ2v) is 4.45. The Morgan fingerprint density at radius 3 is 2.50 bits per heavy atom. The third kappa shape index (κ3) is 1.62. The van der Waals surface area contributed by atoms with Crippen molar-refractivity contribution in [2.75, 3.05) is 0 Å². The summed E-state index contributed by atoms with van der Waals surface area (Å²) in [5, 5.41) is 0. The Kier molecular flexibility index (Phi) is 2.47. The zero-order valence-electron chi connectivity index (χ0n) is 8.20. The molecule has 1 aliphatic carbocycles. The van der Waals surface area contributed by atoms with Crippen molar-refractivity contribution in [3.63, 3.8) is 0 Å². The fourth-order valence-corrected chi connectivity index (χ4v) is 2.00. The van der Waals surface area contributed by atoms with E-state index in [1.165, 1.54) is 5.57 Å². The van der Waals surface area contributed by atoms with E-state index in [1.807, 2.05) is 18.2 Å². The third-order valence-electron chi connectivity index (χ3n) is 2.69. The van der Waals surface area contributed by atoms with Crippen molar-refractivity contribution in [2.24, 2.45) is 0 Å². The molecule has 0 N–H and O–H groups in total. The van der Waals surface area contributed by atoms with Crippen molar-refractivity contribution >= 4 is 11.6 Å². The lowest BCUT2D eigenvalue weighted by Gasteiger charge is -2.24.